The molecule has 1 aromatic carbocycles. The maximum absolute atomic E-state index is 11.1. The van der Waals surface area contributed by atoms with Crippen molar-refractivity contribution in [2.45, 2.75) is 44.6 Å². The number of aryl methyl sites for hydroxylation is 1. The normalized spacial score (nSPS) is 18.9. The minimum absolute atomic E-state index is 0.0878. The Kier molecular flexibility index (Phi) is 6.40. The Bertz CT molecular complexity index is 1200. The van der Waals surface area contributed by atoms with Crippen LogP contribution in [0.5, 0.6) is 0 Å². The van der Waals surface area contributed by atoms with Crippen LogP contribution in [0.25, 0.3) is 11.2 Å². The molecule has 4 atom stereocenters. The Morgan fingerprint density at radius 3 is 2.81 bits per heavy atom. The molecular formula is C20H26N6O5S. The minimum atomic E-state index is -4.16. The van der Waals surface area contributed by atoms with Crippen molar-refractivity contribution in [1.82, 2.24) is 19.5 Å². The third-order valence-electron chi connectivity index (χ3n) is 5.85. The molecule has 11 nitrogen and oxygen atoms in total. The number of imidazole rings is 1. The van der Waals surface area contributed by atoms with E-state index in [9.17, 15) is 18.6 Å². The topological polar surface area (TPSA) is 165 Å². The van der Waals surface area contributed by atoms with Gasteiger partial charge in [0.05, 0.1) is 19.0 Å². The van der Waals surface area contributed by atoms with Gasteiger partial charge in [-0.25, -0.2) is 20.1 Å². The van der Waals surface area contributed by atoms with Gasteiger partial charge in [-0.3, -0.25) is 8.75 Å². The van der Waals surface area contributed by atoms with Crippen LogP contribution in [0.1, 0.15) is 43.2 Å². The van der Waals surface area contributed by atoms with Gasteiger partial charge in [-0.2, -0.15) is 8.42 Å². The van der Waals surface area contributed by atoms with E-state index in [0.717, 1.165) is 12.8 Å². The summed E-state index contributed by atoms with van der Waals surface area (Å²) in [5.41, 5.74) is 3.31. The molecule has 1 aliphatic carbocycles. The molecule has 12 heteroatoms. The molecule has 5 N–H and O–H groups in total. The summed E-state index contributed by atoms with van der Waals surface area (Å²) < 4.78 is 28.1. The molecule has 3 aromatic rings. The molecule has 1 aliphatic rings. The summed E-state index contributed by atoms with van der Waals surface area (Å²) in [7, 11) is -4.16. The van der Waals surface area contributed by atoms with Crippen LogP contribution in [0, 0.1) is 5.92 Å². The summed E-state index contributed by atoms with van der Waals surface area (Å²) in [4.78, 5) is 12.9. The molecule has 0 spiro atoms. The third kappa shape index (κ3) is 4.59. The van der Waals surface area contributed by atoms with Crippen LogP contribution in [0.2, 0.25) is 0 Å². The summed E-state index contributed by atoms with van der Waals surface area (Å²) in [6, 6.07) is 8.32. The minimum Gasteiger partial charge on any atom is -0.388 e. The van der Waals surface area contributed by atoms with Crippen molar-refractivity contribution in [2.24, 2.45) is 11.1 Å². The Morgan fingerprint density at radius 2 is 2.06 bits per heavy atom. The lowest BCUT2D eigenvalue weighted by Crippen LogP contribution is -2.34. The van der Waals surface area contributed by atoms with Crippen LogP contribution < -0.4 is 10.5 Å². The number of aliphatic hydroxyl groups excluding tert-OH is 2. The van der Waals surface area contributed by atoms with E-state index in [1.54, 1.807) is 6.92 Å². The smallest absolute Gasteiger partial charge is 0.333 e. The number of nitrogens with two attached hydrogens (primary N) is 1. The summed E-state index contributed by atoms with van der Waals surface area (Å²) in [6.07, 6.45) is 2.22. The number of aliphatic hydroxyl groups is 2. The molecule has 0 aliphatic heterocycles. The van der Waals surface area contributed by atoms with Crippen LogP contribution in [-0.2, 0) is 20.9 Å². The van der Waals surface area contributed by atoms with E-state index in [-0.39, 0.29) is 12.6 Å². The van der Waals surface area contributed by atoms with E-state index in [1.165, 1.54) is 28.3 Å². The standard InChI is InChI=1S/C20H26N6O5S/c1-2-12(9-31-32(21,29)30)17(27)20(28)26-11-24-16-18(22-10-23-19(16)26)25-15-8-7-13-5-3-4-6-14(13)15/h3-6,10-12,15,17,20,27-28H,2,7-9H2,1H3,(H2,21,29,30)(H,22,23,25)/t12-,15+,17-,20-/m1/s1. The van der Waals surface area contributed by atoms with Gasteiger partial charge in [-0.05, 0) is 30.4 Å². The highest BCUT2D eigenvalue weighted by Gasteiger charge is 2.30. The number of anilines is 1. The molecule has 2 heterocycles. The van der Waals surface area contributed by atoms with Crippen LogP contribution in [0.4, 0.5) is 5.82 Å². The van der Waals surface area contributed by atoms with Crippen LogP contribution in [0.15, 0.2) is 36.9 Å². The van der Waals surface area contributed by atoms with Gasteiger partial charge in [0.1, 0.15) is 12.4 Å². The lowest BCUT2D eigenvalue weighted by Gasteiger charge is -2.26. The molecule has 0 radical (unpaired) electrons. The second-order valence-corrected chi connectivity index (χ2v) is 9.05. The van der Waals surface area contributed by atoms with Gasteiger partial charge in [0.25, 0.3) is 0 Å². The summed E-state index contributed by atoms with van der Waals surface area (Å²) in [5.74, 6) is -0.156. The van der Waals surface area contributed by atoms with Crippen molar-refractivity contribution in [1.29, 1.82) is 0 Å². The fraction of sp³-hybridized carbons (Fsp3) is 0.450. The summed E-state index contributed by atoms with van der Waals surface area (Å²) in [5, 5.41) is 29.7. The van der Waals surface area contributed by atoms with Crippen LogP contribution in [0.3, 0.4) is 0 Å². The molecule has 0 unspecified atom stereocenters. The van der Waals surface area contributed by atoms with E-state index in [1.807, 2.05) is 12.1 Å². The average molecular weight is 463 g/mol. The zero-order chi connectivity index (χ0) is 22.9. The van der Waals surface area contributed by atoms with Gasteiger partial charge in [0.2, 0.25) is 0 Å². The number of hydrogen-bond acceptors (Lipinski definition) is 9. The number of benzene rings is 1. The summed E-state index contributed by atoms with van der Waals surface area (Å²) in [6.45, 7) is 1.38. The molecule has 0 saturated carbocycles. The summed E-state index contributed by atoms with van der Waals surface area (Å²) >= 11 is 0. The van der Waals surface area contributed by atoms with E-state index in [0.29, 0.717) is 23.4 Å². The second-order valence-electron chi connectivity index (χ2n) is 7.83. The quantitative estimate of drug-likeness (QED) is 0.363. The SMILES string of the molecule is CC[C@H](COS(N)(=O)=O)[C@@H](O)[C@@H](O)n1cnc2c(N[C@H]3CCc4ccccc43)ncnc21. The molecule has 32 heavy (non-hydrogen) atoms. The van der Waals surface area contributed by atoms with Gasteiger partial charge >= 0.3 is 10.3 Å². The number of nitrogens with one attached hydrogen (secondary N) is 1. The van der Waals surface area contributed by atoms with E-state index >= 15 is 0 Å². The van der Waals surface area contributed by atoms with Gasteiger partial charge in [0.15, 0.2) is 23.2 Å². The molecule has 0 fully saturated rings. The maximum atomic E-state index is 11.1. The number of rotatable bonds is 9. The number of hydrogen-bond donors (Lipinski definition) is 4. The van der Waals surface area contributed by atoms with E-state index in [2.05, 4.69) is 36.6 Å². The predicted octanol–water partition coefficient (Wildman–Crippen LogP) is 1.02. The molecule has 0 bridgehead atoms. The highest BCUT2D eigenvalue weighted by atomic mass is 32.2. The Morgan fingerprint density at radius 1 is 1.28 bits per heavy atom. The Balaban J connectivity index is 1.56. The first-order valence-corrected chi connectivity index (χ1v) is 11.8. The van der Waals surface area contributed by atoms with Crippen molar-refractivity contribution in [2.75, 3.05) is 11.9 Å². The Labute approximate surface area is 185 Å². The lowest BCUT2D eigenvalue weighted by atomic mass is 9.99. The highest BCUT2D eigenvalue weighted by Crippen LogP contribution is 2.34. The second kappa shape index (κ2) is 9.08. The first-order chi connectivity index (χ1) is 15.3. The van der Waals surface area contributed by atoms with Gasteiger partial charge in [-0.15, -0.1) is 0 Å². The van der Waals surface area contributed by atoms with E-state index in [4.69, 9.17) is 5.14 Å². The number of fused-ring (bicyclic) bond motifs is 2. The largest absolute Gasteiger partial charge is 0.388 e. The van der Waals surface area contributed by atoms with Crippen molar-refractivity contribution in [3.63, 3.8) is 0 Å². The fourth-order valence-electron chi connectivity index (χ4n) is 4.07. The Hall–Kier alpha value is -2.64. The average Bonchev–Trinajstić information content (AvgIpc) is 3.38. The van der Waals surface area contributed by atoms with Gasteiger partial charge in [0, 0.05) is 5.92 Å². The van der Waals surface area contributed by atoms with Gasteiger partial charge < -0.3 is 15.5 Å². The molecular weight excluding hydrogens is 436 g/mol. The molecule has 4 rings (SSSR count). The molecule has 2 aromatic heterocycles. The zero-order valence-electron chi connectivity index (χ0n) is 17.5. The van der Waals surface area contributed by atoms with E-state index < -0.39 is 28.6 Å². The molecule has 0 amide bonds. The van der Waals surface area contributed by atoms with Gasteiger partial charge in [-0.1, -0.05) is 31.2 Å². The first kappa shape index (κ1) is 22.6. The predicted molar refractivity (Wildman–Crippen MR) is 117 cm³/mol. The fourth-order valence-corrected chi connectivity index (χ4v) is 4.44. The zero-order valence-corrected chi connectivity index (χ0v) is 18.3. The van der Waals surface area contributed by atoms with Crippen molar-refractivity contribution in [3.05, 3.63) is 48.0 Å². The van der Waals surface area contributed by atoms with Crippen LogP contribution >= 0.6 is 0 Å². The lowest BCUT2D eigenvalue weighted by molar-refractivity contribution is -0.0662. The molecule has 0 saturated heterocycles. The van der Waals surface area contributed by atoms with Crippen molar-refractivity contribution >= 4 is 27.3 Å². The molecule has 172 valence electrons. The monoisotopic (exact) mass is 462 g/mol. The van der Waals surface area contributed by atoms with Crippen molar-refractivity contribution in [3.8, 4) is 0 Å². The third-order valence-corrected chi connectivity index (χ3v) is 6.31. The highest BCUT2D eigenvalue weighted by molar-refractivity contribution is 7.84. The van der Waals surface area contributed by atoms with Crippen molar-refractivity contribution < 1.29 is 22.8 Å². The maximum Gasteiger partial charge on any atom is 0.333 e. The first-order valence-electron chi connectivity index (χ1n) is 10.3. The number of nitrogens with zero attached hydrogens (tertiary/aromatic N) is 4. The number of aromatic nitrogens is 4. The van der Waals surface area contributed by atoms with Crippen LogP contribution in [-0.4, -0.2) is 50.9 Å².